The van der Waals surface area contributed by atoms with Crippen molar-refractivity contribution in [2.45, 2.75) is 12.5 Å². The fourth-order valence-electron chi connectivity index (χ4n) is 3.66. The number of aliphatic imine (C=N–C) groups is 1. The molecule has 11 nitrogen and oxygen atoms in total. The van der Waals surface area contributed by atoms with Crippen molar-refractivity contribution in [1.82, 2.24) is 15.2 Å². The number of benzene rings is 2. The Morgan fingerprint density at radius 3 is 2.48 bits per heavy atom. The van der Waals surface area contributed by atoms with E-state index in [1.807, 2.05) is 30.3 Å². The van der Waals surface area contributed by atoms with E-state index in [-0.39, 0.29) is 11.6 Å². The second-order valence-electron chi connectivity index (χ2n) is 7.58. The minimum Gasteiger partial charge on any atom is -0.270 e. The standard InChI is InChI=1S/C22H21N7O4/c1-26-19-18(20(30)27(2)22(26)31)28(13-12-15-6-4-3-5-7-15)21(24-19)25-23-14-16-8-10-17(11-9-16)29(32)33/h3-11,14,18H,12-13H2,1-2H3/p+1/b23-14-. The van der Waals surface area contributed by atoms with Crippen molar-refractivity contribution >= 4 is 35.6 Å². The van der Waals surface area contributed by atoms with Crippen molar-refractivity contribution in [3.63, 3.8) is 0 Å². The van der Waals surface area contributed by atoms with E-state index in [0.29, 0.717) is 30.3 Å². The molecule has 0 radical (unpaired) electrons. The highest BCUT2D eigenvalue weighted by molar-refractivity contribution is 6.22. The van der Waals surface area contributed by atoms with Crippen LogP contribution in [0.1, 0.15) is 11.1 Å². The van der Waals surface area contributed by atoms with Crippen molar-refractivity contribution in [1.29, 1.82) is 0 Å². The molecule has 11 heteroatoms. The third-order valence-electron chi connectivity index (χ3n) is 5.50. The van der Waals surface area contributed by atoms with E-state index in [4.69, 9.17) is 0 Å². The lowest BCUT2D eigenvalue weighted by Crippen LogP contribution is -2.61. The molecule has 0 bridgehead atoms. The quantitative estimate of drug-likeness (QED) is 0.310. The summed E-state index contributed by atoms with van der Waals surface area (Å²) in [6.07, 6.45) is 2.16. The van der Waals surface area contributed by atoms with Gasteiger partial charge in [-0.1, -0.05) is 35.3 Å². The molecule has 2 aromatic carbocycles. The minimum atomic E-state index is -0.738. The van der Waals surface area contributed by atoms with Gasteiger partial charge in [0.15, 0.2) is 0 Å². The van der Waals surface area contributed by atoms with Crippen LogP contribution in [-0.2, 0) is 11.2 Å². The number of nitro benzene ring substituents is 1. The Balaban J connectivity index is 1.59. The number of non-ortho nitro benzene ring substituents is 1. The average Bonchev–Trinajstić information content (AvgIpc) is 3.19. The molecule has 1 fully saturated rings. The fourth-order valence-corrected chi connectivity index (χ4v) is 3.66. The molecule has 1 saturated heterocycles. The second-order valence-corrected chi connectivity index (χ2v) is 7.58. The van der Waals surface area contributed by atoms with Crippen LogP contribution in [0.25, 0.3) is 0 Å². The molecule has 1 N–H and O–H groups in total. The van der Waals surface area contributed by atoms with Crippen LogP contribution in [-0.4, -0.2) is 75.9 Å². The number of carbonyl (C=O) groups is 2. The van der Waals surface area contributed by atoms with Gasteiger partial charge in [-0.25, -0.2) is 9.37 Å². The Labute approximate surface area is 189 Å². The highest BCUT2D eigenvalue weighted by Gasteiger charge is 2.51. The van der Waals surface area contributed by atoms with Crippen LogP contribution in [0.3, 0.4) is 0 Å². The summed E-state index contributed by atoms with van der Waals surface area (Å²) in [5, 5.41) is 15.0. The predicted octanol–water partition coefficient (Wildman–Crippen LogP) is 1.43. The number of nitrogens with zero attached hydrogens (tertiary/aromatic N) is 6. The van der Waals surface area contributed by atoms with E-state index in [9.17, 15) is 19.7 Å². The molecule has 168 valence electrons. The highest BCUT2D eigenvalue weighted by Crippen LogP contribution is 2.19. The van der Waals surface area contributed by atoms with Crippen LogP contribution in [0.4, 0.5) is 10.5 Å². The maximum Gasteiger partial charge on any atom is 0.413 e. The van der Waals surface area contributed by atoms with Crippen LogP contribution >= 0.6 is 0 Å². The van der Waals surface area contributed by atoms with Crippen molar-refractivity contribution in [2.75, 3.05) is 20.6 Å². The number of carbonyl (C=O) groups excluding carboxylic acids is 2. The van der Waals surface area contributed by atoms with Gasteiger partial charge in [-0.05, 0) is 23.3 Å². The number of fused-ring (bicyclic) bond motifs is 1. The van der Waals surface area contributed by atoms with E-state index in [1.165, 1.54) is 30.3 Å². The maximum absolute atomic E-state index is 12.9. The number of nitro groups is 1. The van der Waals surface area contributed by atoms with Crippen LogP contribution in [0.15, 0.2) is 64.7 Å². The molecule has 0 spiro atoms. The molecule has 3 amide bonds. The molecule has 2 heterocycles. The second kappa shape index (κ2) is 8.99. The number of imide groups is 1. The summed E-state index contributed by atoms with van der Waals surface area (Å²) in [5.41, 5.74) is 4.60. The van der Waals surface area contributed by atoms with E-state index in [2.05, 4.69) is 15.5 Å². The largest absolute Gasteiger partial charge is 0.413 e. The number of urea groups is 1. The number of hydrazone groups is 1. The van der Waals surface area contributed by atoms with Gasteiger partial charge in [0.2, 0.25) is 11.9 Å². The highest BCUT2D eigenvalue weighted by atomic mass is 16.6. The molecular weight excluding hydrogens is 426 g/mol. The summed E-state index contributed by atoms with van der Waals surface area (Å²) in [5.74, 6) is 0.317. The number of nitrogens with one attached hydrogen (secondary N) is 1. The smallest absolute Gasteiger partial charge is 0.270 e. The van der Waals surface area contributed by atoms with E-state index in [1.54, 1.807) is 23.8 Å². The zero-order chi connectivity index (χ0) is 23.5. The fraction of sp³-hybridized carbons (Fsp3) is 0.227. The first-order valence-corrected chi connectivity index (χ1v) is 10.2. The van der Waals surface area contributed by atoms with Gasteiger partial charge in [0, 0.05) is 32.6 Å². The van der Waals surface area contributed by atoms with Gasteiger partial charge >= 0.3 is 12.0 Å². The van der Waals surface area contributed by atoms with Gasteiger partial charge in [-0.15, -0.1) is 5.10 Å². The summed E-state index contributed by atoms with van der Waals surface area (Å²) in [6, 6.07) is 14.6. The average molecular weight is 448 g/mol. The van der Waals surface area contributed by atoms with Crippen LogP contribution in [0.2, 0.25) is 0 Å². The third-order valence-corrected chi connectivity index (χ3v) is 5.50. The zero-order valence-electron chi connectivity index (χ0n) is 18.1. The van der Waals surface area contributed by atoms with Gasteiger partial charge in [-0.3, -0.25) is 24.7 Å². The lowest BCUT2D eigenvalue weighted by molar-refractivity contribution is -0.536. The van der Waals surface area contributed by atoms with Gasteiger partial charge in [0.05, 0.1) is 17.7 Å². The zero-order valence-corrected chi connectivity index (χ0v) is 18.1. The van der Waals surface area contributed by atoms with Crippen molar-refractivity contribution < 1.29 is 19.1 Å². The summed E-state index contributed by atoms with van der Waals surface area (Å²) in [4.78, 5) is 42.6. The molecule has 0 aliphatic carbocycles. The Morgan fingerprint density at radius 2 is 1.82 bits per heavy atom. The van der Waals surface area contributed by atoms with Gasteiger partial charge in [0.25, 0.3) is 11.6 Å². The maximum atomic E-state index is 12.9. The Morgan fingerprint density at radius 1 is 1.12 bits per heavy atom. The number of rotatable bonds is 6. The molecule has 2 aliphatic heterocycles. The first kappa shape index (κ1) is 21.8. The molecule has 0 aromatic heterocycles. The molecular formula is C22H22N7O4+. The molecule has 1 unspecified atom stereocenters. The summed E-state index contributed by atoms with van der Waals surface area (Å²) < 4.78 is 1.79. The monoisotopic (exact) mass is 448 g/mol. The first-order chi connectivity index (χ1) is 15.9. The number of hydrogen-bond donors (Lipinski definition) is 1. The van der Waals surface area contributed by atoms with Crippen LogP contribution in [0.5, 0.6) is 0 Å². The van der Waals surface area contributed by atoms with E-state index >= 15 is 0 Å². The first-order valence-electron chi connectivity index (χ1n) is 10.2. The molecule has 2 aliphatic rings. The number of amides is 3. The topological polar surface area (TPSA) is 124 Å². The SMILES string of the molecule is CN1C(=O)C2C(=NC(N/N=C\c3ccc([N+](=O)[O-])cc3)=[N+]2CCc2ccccc2)N(C)C1=O. The summed E-state index contributed by atoms with van der Waals surface area (Å²) in [6.45, 7) is 0.471. The Hall–Kier alpha value is -4.41. The van der Waals surface area contributed by atoms with E-state index < -0.39 is 17.0 Å². The van der Waals surface area contributed by atoms with Crippen LogP contribution in [0, 0.1) is 10.1 Å². The molecule has 0 saturated carbocycles. The normalized spacial score (nSPS) is 18.1. The molecule has 1 atom stereocenters. The Bertz CT molecular complexity index is 1190. The van der Waals surface area contributed by atoms with Gasteiger partial charge in [0.1, 0.15) is 0 Å². The lowest BCUT2D eigenvalue weighted by atomic mass is 10.1. The number of likely N-dealkylation sites (N-methyl/N-ethyl adjacent to an activating group) is 2. The molecule has 4 rings (SSSR count). The minimum absolute atomic E-state index is 0.0109. The third kappa shape index (κ3) is 4.33. The molecule has 33 heavy (non-hydrogen) atoms. The predicted molar refractivity (Wildman–Crippen MR) is 121 cm³/mol. The summed E-state index contributed by atoms with van der Waals surface area (Å²) in [7, 11) is 3.03. The number of amidine groups is 1. The van der Waals surface area contributed by atoms with Gasteiger partial charge < -0.3 is 0 Å². The number of guanidine groups is 1. The Kier molecular flexibility index (Phi) is 5.94. The van der Waals surface area contributed by atoms with Crippen molar-refractivity contribution in [3.8, 4) is 0 Å². The van der Waals surface area contributed by atoms with Gasteiger partial charge in [-0.2, -0.15) is 5.43 Å². The summed E-state index contributed by atoms with van der Waals surface area (Å²) >= 11 is 0. The van der Waals surface area contributed by atoms with Crippen LogP contribution < -0.4 is 5.43 Å². The van der Waals surface area contributed by atoms with Crippen molar-refractivity contribution in [3.05, 3.63) is 75.8 Å². The van der Waals surface area contributed by atoms with Crippen molar-refractivity contribution in [2.24, 2.45) is 10.1 Å². The number of hydrogen-bond acceptors (Lipinski definition) is 7. The van der Waals surface area contributed by atoms with E-state index in [0.717, 1.165) is 10.5 Å². The lowest BCUT2D eigenvalue weighted by Gasteiger charge is -2.31. The molecule has 2 aromatic rings.